The van der Waals surface area contributed by atoms with Gasteiger partial charge in [0.05, 0.1) is 5.56 Å². The monoisotopic (exact) mass is 366 g/mol. The summed E-state index contributed by atoms with van der Waals surface area (Å²) in [5, 5.41) is 12.6. The van der Waals surface area contributed by atoms with E-state index in [4.69, 9.17) is 4.74 Å². The first-order chi connectivity index (χ1) is 12.7. The maximum Gasteiger partial charge on any atom is 0.331 e. The average molecular weight is 366 g/mol. The zero-order valence-electron chi connectivity index (χ0n) is 14.2. The molecule has 132 valence electrons. The van der Waals surface area contributed by atoms with Gasteiger partial charge >= 0.3 is 5.97 Å². The van der Waals surface area contributed by atoms with Gasteiger partial charge in [0, 0.05) is 11.0 Å². The summed E-state index contributed by atoms with van der Waals surface area (Å²) in [4.78, 5) is 24.9. The van der Waals surface area contributed by atoms with Crippen LogP contribution in [0.25, 0.3) is 6.08 Å². The summed E-state index contributed by atoms with van der Waals surface area (Å²) in [7, 11) is 0. The number of nitriles is 1. The molecule has 1 aromatic carbocycles. The largest absolute Gasteiger partial charge is 0.452 e. The van der Waals surface area contributed by atoms with Gasteiger partial charge in [0.25, 0.3) is 5.91 Å². The van der Waals surface area contributed by atoms with Crippen molar-refractivity contribution in [1.29, 1.82) is 5.26 Å². The van der Waals surface area contributed by atoms with Gasteiger partial charge in [-0.25, -0.2) is 4.79 Å². The van der Waals surface area contributed by atoms with Gasteiger partial charge in [-0.15, -0.1) is 11.3 Å². The summed E-state index contributed by atoms with van der Waals surface area (Å²) in [5.74, 6) is -1.03. The van der Waals surface area contributed by atoms with Gasteiger partial charge < -0.3 is 10.1 Å². The number of rotatable bonds is 5. The standard InChI is InChI=1S/C20H18N2O3S/c21-12-16-15-8-4-5-9-17(15)26-20(16)22-18(23)13-25-19(24)11-10-14-6-2-1-3-7-14/h1-3,6-7,10-11H,4-5,8-9,13H2,(H,22,23)/b11-10+. The second-order valence-corrected chi connectivity index (χ2v) is 7.03. The van der Waals surface area contributed by atoms with E-state index in [2.05, 4.69) is 11.4 Å². The van der Waals surface area contributed by atoms with E-state index >= 15 is 0 Å². The third kappa shape index (κ3) is 4.38. The van der Waals surface area contributed by atoms with Crippen molar-refractivity contribution in [2.75, 3.05) is 11.9 Å². The molecule has 0 saturated heterocycles. The Hall–Kier alpha value is -2.91. The lowest BCUT2D eigenvalue weighted by atomic mass is 9.96. The van der Waals surface area contributed by atoms with Gasteiger partial charge in [-0.2, -0.15) is 5.26 Å². The molecule has 0 bridgehead atoms. The number of anilines is 1. The van der Waals surface area contributed by atoms with Crippen molar-refractivity contribution in [3.8, 4) is 6.07 Å². The number of ether oxygens (including phenoxy) is 1. The Bertz CT molecular complexity index is 878. The Kier molecular flexibility index (Phi) is 5.82. The highest BCUT2D eigenvalue weighted by atomic mass is 32.1. The van der Waals surface area contributed by atoms with E-state index in [1.165, 1.54) is 22.3 Å². The van der Waals surface area contributed by atoms with Crippen LogP contribution in [0.4, 0.5) is 5.00 Å². The predicted octanol–water partition coefficient (Wildman–Crippen LogP) is 3.69. The van der Waals surface area contributed by atoms with Crippen molar-refractivity contribution in [2.24, 2.45) is 0 Å². The van der Waals surface area contributed by atoms with Crippen molar-refractivity contribution < 1.29 is 14.3 Å². The highest BCUT2D eigenvalue weighted by Gasteiger charge is 2.21. The van der Waals surface area contributed by atoms with Crippen LogP contribution in [-0.4, -0.2) is 18.5 Å². The van der Waals surface area contributed by atoms with Crippen LogP contribution < -0.4 is 5.32 Å². The minimum absolute atomic E-state index is 0.384. The molecular weight excluding hydrogens is 348 g/mol. The second kappa shape index (κ2) is 8.45. The zero-order valence-corrected chi connectivity index (χ0v) is 15.0. The molecule has 0 unspecified atom stereocenters. The van der Waals surface area contributed by atoms with Crippen LogP contribution in [0, 0.1) is 11.3 Å². The fraction of sp³-hybridized carbons (Fsp3) is 0.250. The number of carbonyl (C=O) groups is 2. The fourth-order valence-electron chi connectivity index (χ4n) is 2.85. The Morgan fingerprint density at radius 1 is 1.23 bits per heavy atom. The van der Waals surface area contributed by atoms with E-state index in [0.29, 0.717) is 10.6 Å². The SMILES string of the molecule is N#Cc1c(NC(=O)COC(=O)/C=C/c2ccccc2)sc2c1CCCC2. The van der Waals surface area contributed by atoms with E-state index in [1.807, 2.05) is 30.3 Å². The lowest BCUT2D eigenvalue weighted by Crippen LogP contribution is -2.20. The summed E-state index contributed by atoms with van der Waals surface area (Å²) >= 11 is 1.45. The van der Waals surface area contributed by atoms with E-state index in [9.17, 15) is 14.9 Å². The van der Waals surface area contributed by atoms with Gasteiger partial charge in [-0.05, 0) is 42.9 Å². The Labute approximate surface area is 155 Å². The summed E-state index contributed by atoms with van der Waals surface area (Å²) in [6.07, 6.45) is 6.91. The quantitative estimate of drug-likeness (QED) is 0.646. The predicted molar refractivity (Wildman–Crippen MR) is 101 cm³/mol. The summed E-state index contributed by atoms with van der Waals surface area (Å²) in [5.41, 5.74) is 2.48. The lowest BCUT2D eigenvalue weighted by molar-refractivity contribution is -0.142. The number of esters is 1. The number of benzene rings is 1. The molecule has 0 atom stereocenters. The summed E-state index contributed by atoms with van der Waals surface area (Å²) in [6, 6.07) is 11.5. The van der Waals surface area contributed by atoms with Crippen molar-refractivity contribution >= 4 is 34.3 Å². The van der Waals surface area contributed by atoms with Crippen molar-refractivity contribution in [3.63, 3.8) is 0 Å². The normalized spacial score (nSPS) is 13.0. The number of nitrogens with zero attached hydrogens (tertiary/aromatic N) is 1. The molecule has 1 amide bonds. The molecule has 0 spiro atoms. The average Bonchev–Trinajstić information content (AvgIpc) is 3.02. The first-order valence-corrected chi connectivity index (χ1v) is 9.23. The maximum absolute atomic E-state index is 12.1. The Balaban J connectivity index is 1.55. The van der Waals surface area contributed by atoms with Gasteiger partial charge in [0.1, 0.15) is 11.1 Å². The number of thiophene rings is 1. The first-order valence-electron chi connectivity index (χ1n) is 8.41. The van der Waals surface area contributed by atoms with E-state index < -0.39 is 11.9 Å². The molecule has 5 nitrogen and oxygen atoms in total. The van der Waals surface area contributed by atoms with Gasteiger partial charge in [-0.1, -0.05) is 30.3 Å². The van der Waals surface area contributed by atoms with Crippen molar-refractivity contribution in [1.82, 2.24) is 0 Å². The molecule has 0 radical (unpaired) electrons. The molecule has 2 aromatic rings. The molecule has 1 aromatic heterocycles. The molecule has 0 fully saturated rings. The van der Waals surface area contributed by atoms with Crippen LogP contribution >= 0.6 is 11.3 Å². The Morgan fingerprint density at radius 3 is 2.77 bits per heavy atom. The van der Waals surface area contributed by atoms with E-state index in [-0.39, 0.29) is 6.61 Å². The van der Waals surface area contributed by atoms with Crippen LogP contribution in [0.2, 0.25) is 0 Å². The van der Waals surface area contributed by atoms with Gasteiger partial charge in [0.2, 0.25) is 0 Å². The first kappa shape index (κ1) is 17.9. The smallest absolute Gasteiger partial charge is 0.331 e. The van der Waals surface area contributed by atoms with Gasteiger partial charge in [-0.3, -0.25) is 4.79 Å². The fourth-order valence-corrected chi connectivity index (χ4v) is 4.10. The third-order valence-electron chi connectivity index (χ3n) is 4.09. The summed E-state index contributed by atoms with van der Waals surface area (Å²) in [6.45, 7) is -0.384. The van der Waals surface area contributed by atoms with Crippen molar-refractivity contribution in [2.45, 2.75) is 25.7 Å². The number of carbonyl (C=O) groups excluding carboxylic acids is 2. The molecule has 26 heavy (non-hydrogen) atoms. The lowest BCUT2D eigenvalue weighted by Gasteiger charge is -2.09. The van der Waals surface area contributed by atoms with E-state index in [0.717, 1.165) is 36.8 Å². The van der Waals surface area contributed by atoms with Crippen LogP contribution in [-0.2, 0) is 27.2 Å². The highest BCUT2D eigenvalue weighted by molar-refractivity contribution is 7.16. The number of aryl methyl sites for hydroxylation is 1. The van der Waals surface area contributed by atoms with Crippen LogP contribution in [0.15, 0.2) is 36.4 Å². The minimum Gasteiger partial charge on any atom is -0.452 e. The summed E-state index contributed by atoms with van der Waals surface area (Å²) < 4.78 is 4.96. The molecule has 3 rings (SSSR count). The molecular formula is C20H18N2O3S. The zero-order chi connectivity index (χ0) is 18.4. The molecule has 6 heteroatoms. The topological polar surface area (TPSA) is 79.2 Å². The molecule has 1 heterocycles. The number of hydrogen-bond donors (Lipinski definition) is 1. The number of hydrogen-bond acceptors (Lipinski definition) is 5. The van der Waals surface area contributed by atoms with Crippen molar-refractivity contribution in [3.05, 3.63) is 58.0 Å². The highest BCUT2D eigenvalue weighted by Crippen LogP contribution is 2.37. The minimum atomic E-state index is -0.588. The molecule has 0 aliphatic heterocycles. The number of nitrogens with one attached hydrogen (secondary N) is 1. The molecule has 0 saturated carbocycles. The molecule has 1 N–H and O–H groups in total. The Morgan fingerprint density at radius 2 is 2.00 bits per heavy atom. The third-order valence-corrected chi connectivity index (χ3v) is 5.30. The molecule has 1 aliphatic carbocycles. The van der Waals surface area contributed by atoms with Crippen LogP contribution in [0.5, 0.6) is 0 Å². The second-order valence-electron chi connectivity index (χ2n) is 5.93. The molecule has 1 aliphatic rings. The maximum atomic E-state index is 12.1. The number of amides is 1. The number of fused-ring (bicyclic) bond motifs is 1. The van der Waals surface area contributed by atoms with Crippen LogP contribution in [0.1, 0.15) is 34.4 Å². The van der Waals surface area contributed by atoms with Crippen LogP contribution in [0.3, 0.4) is 0 Å². The van der Waals surface area contributed by atoms with E-state index in [1.54, 1.807) is 6.08 Å². The van der Waals surface area contributed by atoms with Gasteiger partial charge in [0.15, 0.2) is 6.61 Å².